The highest BCUT2D eigenvalue weighted by Gasteiger charge is 2.32. The van der Waals surface area contributed by atoms with Crippen LogP contribution in [-0.4, -0.2) is 114 Å². The second-order valence-corrected chi connectivity index (χ2v) is 22.2. The molecule has 0 aliphatic carbocycles. The number of amides is 1. The van der Waals surface area contributed by atoms with Crippen LogP contribution in [-0.2, 0) is 25.7 Å². The molecule has 5 atom stereocenters. The molecule has 0 aliphatic heterocycles. The number of carboxylic acids is 2. The summed E-state index contributed by atoms with van der Waals surface area (Å²) in [5, 5.41) is 38.9. The molecule has 0 spiro atoms. The van der Waals surface area contributed by atoms with Crippen LogP contribution in [0.25, 0.3) is 22.5 Å². The lowest BCUT2D eigenvalue weighted by molar-refractivity contribution is -0.144. The first-order valence-electron chi connectivity index (χ1n) is 27.0. The summed E-state index contributed by atoms with van der Waals surface area (Å²) in [4.78, 5) is 79.9. The van der Waals surface area contributed by atoms with Crippen LogP contribution in [0.3, 0.4) is 0 Å². The fourth-order valence-electron chi connectivity index (χ4n) is 10.0. The molecule has 3 N–H and O–H groups in total. The summed E-state index contributed by atoms with van der Waals surface area (Å²) in [6.07, 6.45) is -0.160. The predicted molar refractivity (Wildman–Crippen MR) is 305 cm³/mol. The summed E-state index contributed by atoms with van der Waals surface area (Å²) in [6, 6.07) is 17.8. The van der Waals surface area contributed by atoms with Crippen molar-refractivity contribution < 1.29 is 47.0 Å². The largest absolute Gasteiger partial charge is 0.481 e. The lowest BCUT2D eigenvalue weighted by Gasteiger charge is -2.26. The molecule has 4 aromatic heterocycles. The summed E-state index contributed by atoms with van der Waals surface area (Å²) < 4.78 is 55.7. The maximum atomic E-state index is 14.6. The molecule has 17 nitrogen and oxygen atoms in total. The van der Waals surface area contributed by atoms with Crippen molar-refractivity contribution >= 4 is 23.6 Å². The van der Waals surface area contributed by atoms with Gasteiger partial charge in [0.15, 0.2) is 5.78 Å². The minimum Gasteiger partial charge on any atom is -0.481 e. The van der Waals surface area contributed by atoms with Crippen molar-refractivity contribution in [2.45, 2.75) is 130 Å². The second kappa shape index (κ2) is 29.3. The van der Waals surface area contributed by atoms with E-state index in [2.05, 4.69) is 25.7 Å². The van der Waals surface area contributed by atoms with Crippen LogP contribution in [0.4, 0.5) is 17.6 Å². The van der Waals surface area contributed by atoms with Crippen molar-refractivity contribution in [2.75, 3.05) is 34.2 Å². The molecule has 0 bridgehead atoms. The molecule has 82 heavy (non-hydrogen) atoms. The molecule has 6 aromatic rings. The number of pyridine rings is 2. The highest BCUT2D eigenvalue weighted by atomic mass is 19.4. The monoisotopic (exact) mass is 1140 g/mol. The van der Waals surface area contributed by atoms with Gasteiger partial charge in [-0.25, -0.2) is 4.39 Å². The fourth-order valence-corrected chi connectivity index (χ4v) is 10.0. The fraction of sp³-hybridized carbons (Fsp3) is 0.443. The number of aryl methyl sites for hydroxylation is 4. The van der Waals surface area contributed by atoms with Gasteiger partial charge in [0.05, 0.1) is 55.3 Å². The standard InChI is InChI=1S/C31H39FN4O4.C30H36F3N5O4/c1-19(2)12-27(36-11-10-22(15-29(36)38)25(32)18-35(5)6)28(37)14-23(16-30(39)40)24-13-26(34-33-17-24)31-20(3)8-7-9-21(31)4;1-18(2)11-25(38-16-21(9-10-26(38)39)15-37(5)17-30(31,32)33)29(42)35-23(13-27(40)41)22-12-24(36-34-14-22)28-19(3)7-6-8-20(28)4/h7-11,13,15,17,19,23,25,27H,12,14,16,18H2,1-6H3,(H,39,40);6-10,12,14,16,18,23,25H,11,13,15,17H2,1-5H3,(H,35,42)(H,40,41)/t23-,25?,27-;23-,25-/m00/s1. The highest BCUT2D eigenvalue weighted by molar-refractivity contribution is 5.84. The SMILES string of the molecule is Cc1cccc(C)c1-c1cc([C@H](CC(=O)O)CC(=O)[C@H](CC(C)C)n2ccc(C(F)CN(C)C)cc2=O)cnn1.Cc1cccc(C)c1-c1cc([C@H](CC(=O)O)NC(=O)[C@H](CC(C)C)n2cc(CN(C)CC(F)(F)F)ccc2=O)cnn1. The van der Waals surface area contributed by atoms with Crippen molar-refractivity contribution in [1.82, 2.24) is 44.6 Å². The third-order valence-corrected chi connectivity index (χ3v) is 13.8. The van der Waals surface area contributed by atoms with Gasteiger partial charge in [-0.2, -0.15) is 33.6 Å². The first-order chi connectivity index (χ1) is 38.5. The highest BCUT2D eigenvalue weighted by Crippen LogP contribution is 2.33. The molecule has 0 saturated heterocycles. The van der Waals surface area contributed by atoms with Gasteiger partial charge in [-0.05, 0) is 136 Å². The molecule has 4 heterocycles. The first kappa shape index (κ1) is 65.0. The number of carboxylic acid groups (broad SMARTS) is 2. The molecular weight excluding hydrogens is 1060 g/mol. The smallest absolute Gasteiger partial charge is 0.401 e. The molecule has 1 amide bonds. The topological polar surface area (TPSA) is 223 Å². The molecule has 0 fully saturated rings. The van der Waals surface area contributed by atoms with E-state index in [-0.39, 0.29) is 55.5 Å². The number of aromatic nitrogens is 6. The zero-order chi connectivity index (χ0) is 60.7. The third kappa shape index (κ3) is 18.9. The van der Waals surface area contributed by atoms with Gasteiger partial charge in [-0.3, -0.25) is 33.7 Å². The molecule has 1 unspecified atom stereocenters. The maximum Gasteiger partial charge on any atom is 0.401 e. The minimum atomic E-state index is -4.39. The maximum absolute atomic E-state index is 14.6. The van der Waals surface area contributed by atoms with E-state index in [1.165, 1.54) is 65.2 Å². The number of nitrogens with one attached hydrogen (secondary N) is 1. The zero-order valence-electron chi connectivity index (χ0n) is 48.4. The van der Waals surface area contributed by atoms with Crippen molar-refractivity contribution in [3.8, 4) is 22.5 Å². The molecular formula is C61H75F4N9O8. The van der Waals surface area contributed by atoms with E-state index in [1.807, 2.05) is 91.8 Å². The van der Waals surface area contributed by atoms with E-state index in [0.717, 1.165) is 38.3 Å². The average molecular weight is 1140 g/mol. The van der Waals surface area contributed by atoms with Crippen molar-refractivity contribution in [3.05, 3.63) is 163 Å². The number of rotatable bonds is 25. The third-order valence-electron chi connectivity index (χ3n) is 13.8. The lowest BCUT2D eigenvalue weighted by atomic mass is 9.87. The van der Waals surface area contributed by atoms with Crippen LogP contribution in [0, 0.1) is 39.5 Å². The van der Waals surface area contributed by atoms with Crippen molar-refractivity contribution in [2.24, 2.45) is 11.8 Å². The number of hydrogen-bond acceptors (Lipinski definition) is 12. The van der Waals surface area contributed by atoms with Gasteiger partial charge < -0.3 is 29.6 Å². The van der Waals surface area contributed by atoms with E-state index < -0.39 is 78.3 Å². The zero-order valence-corrected chi connectivity index (χ0v) is 48.4. The number of aliphatic carboxylic acids is 2. The van der Waals surface area contributed by atoms with Crippen molar-refractivity contribution in [1.29, 1.82) is 0 Å². The Morgan fingerprint density at radius 3 is 1.68 bits per heavy atom. The first-order valence-corrected chi connectivity index (χ1v) is 27.0. The van der Waals surface area contributed by atoms with Crippen LogP contribution in [0.15, 0.2) is 107 Å². The Morgan fingerprint density at radius 1 is 0.659 bits per heavy atom. The summed E-state index contributed by atoms with van der Waals surface area (Å²) in [5.41, 5.74) is 7.58. The number of Topliss-reactive ketones (excluding diaryl/α,β-unsaturated/α-hetero) is 1. The number of benzene rings is 2. The van der Waals surface area contributed by atoms with E-state index in [0.29, 0.717) is 34.5 Å². The number of nitrogens with zero attached hydrogens (tertiary/aromatic N) is 8. The van der Waals surface area contributed by atoms with Gasteiger partial charge in [0.2, 0.25) is 5.91 Å². The van der Waals surface area contributed by atoms with Gasteiger partial charge in [-0.1, -0.05) is 70.2 Å². The van der Waals surface area contributed by atoms with E-state index in [4.69, 9.17) is 0 Å². The summed E-state index contributed by atoms with van der Waals surface area (Å²) >= 11 is 0. The number of likely N-dealkylation sites (N-methyl/N-ethyl adjacent to an activating group) is 1. The molecule has 0 saturated carbocycles. The van der Waals surface area contributed by atoms with Crippen LogP contribution < -0.4 is 16.4 Å². The summed E-state index contributed by atoms with van der Waals surface area (Å²) in [5.74, 6) is -3.67. The van der Waals surface area contributed by atoms with E-state index >= 15 is 0 Å². The van der Waals surface area contributed by atoms with Crippen LogP contribution >= 0.6 is 0 Å². The van der Waals surface area contributed by atoms with Gasteiger partial charge in [0, 0.05) is 61.1 Å². The normalized spacial score (nSPS) is 13.5. The summed E-state index contributed by atoms with van der Waals surface area (Å²) in [7, 11) is 4.82. The number of alkyl halides is 4. The number of carbonyl (C=O) groups is 4. The number of halogens is 4. The predicted octanol–water partition coefficient (Wildman–Crippen LogP) is 10.1. The van der Waals surface area contributed by atoms with E-state index in [1.54, 1.807) is 31.1 Å². The van der Waals surface area contributed by atoms with Crippen LogP contribution in [0.5, 0.6) is 0 Å². The number of carbonyl (C=O) groups excluding carboxylic acids is 2. The van der Waals surface area contributed by atoms with Gasteiger partial charge in [0.1, 0.15) is 12.2 Å². The van der Waals surface area contributed by atoms with Crippen LogP contribution in [0.1, 0.15) is 135 Å². The molecule has 21 heteroatoms. The number of ketones is 1. The Labute approximate surface area is 475 Å². The molecule has 0 aliphatic rings. The summed E-state index contributed by atoms with van der Waals surface area (Å²) in [6.45, 7) is 14.3. The molecule has 0 radical (unpaired) electrons. The Morgan fingerprint density at radius 2 is 1.18 bits per heavy atom. The van der Waals surface area contributed by atoms with Gasteiger partial charge >= 0.3 is 18.1 Å². The molecule has 6 rings (SSSR count). The van der Waals surface area contributed by atoms with Gasteiger partial charge in [-0.15, -0.1) is 0 Å². The Kier molecular flexibility index (Phi) is 23.2. The quantitative estimate of drug-likeness (QED) is 0.0454. The second-order valence-electron chi connectivity index (χ2n) is 22.2. The molecule has 440 valence electrons. The Bertz CT molecular complexity index is 3270. The van der Waals surface area contributed by atoms with Crippen LogP contribution in [0.2, 0.25) is 0 Å². The molecule has 2 aromatic carbocycles. The minimum absolute atomic E-state index is 0.0413. The lowest BCUT2D eigenvalue weighted by Crippen LogP contribution is -2.40. The number of hydrogen-bond donors (Lipinski definition) is 3. The van der Waals surface area contributed by atoms with Gasteiger partial charge in [0.25, 0.3) is 11.1 Å². The van der Waals surface area contributed by atoms with Crippen molar-refractivity contribution in [3.63, 3.8) is 0 Å². The Hall–Kier alpha value is -7.78. The Balaban J connectivity index is 0.000000301. The average Bonchev–Trinajstić information content (AvgIpc) is 3.56. The van der Waals surface area contributed by atoms with E-state index in [9.17, 15) is 56.5 Å².